The van der Waals surface area contributed by atoms with Gasteiger partial charge in [-0.05, 0) is 30.7 Å². The van der Waals surface area contributed by atoms with Gasteiger partial charge in [-0.25, -0.2) is 0 Å². The summed E-state index contributed by atoms with van der Waals surface area (Å²) in [6.07, 6.45) is 3.03. The maximum absolute atomic E-state index is 13.4. The van der Waals surface area contributed by atoms with E-state index in [9.17, 15) is 9.59 Å². The fraction of sp³-hybridized carbons (Fsp3) is 0.391. The van der Waals surface area contributed by atoms with Crippen LogP contribution in [0.1, 0.15) is 48.1 Å². The highest BCUT2D eigenvalue weighted by Gasteiger charge is 2.48. The molecule has 0 aromatic heterocycles. The molecular weight excluding hydrogens is 322 g/mol. The Kier molecular flexibility index (Phi) is 4.73. The summed E-state index contributed by atoms with van der Waals surface area (Å²) < 4.78 is 0. The van der Waals surface area contributed by atoms with Crippen LogP contribution in [0.3, 0.4) is 0 Å². The van der Waals surface area contributed by atoms with Gasteiger partial charge in [-0.1, -0.05) is 67.6 Å². The summed E-state index contributed by atoms with van der Waals surface area (Å²) in [5.41, 5.74) is 1.64. The number of Topliss-reactive ketones (excluding diaryl/α,β-unsaturated/α-hetero) is 2. The van der Waals surface area contributed by atoms with Crippen LogP contribution in [0.15, 0.2) is 60.7 Å². The number of ketones is 2. The van der Waals surface area contributed by atoms with Gasteiger partial charge >= 0.3 is 0 Å². The van der Waals surface area contributed by atoms with Crippen LogP contribution in [0.25, 0.3) is 0 Å². The largest absolute Gasteiger partial charge is 0.305 e. The first kappa shape index (κ1) is 17.2. The second-order valence-electron chi connectivity index (χ2n) is 7.80. The Hall–Kier alpha value is -2.26. The zero-order chi connectivity index (χ0) is 18.1. The Morgan fingerprint density at radius 1 is 0.962 bits per heavy atom. The lowest BCUT2D eigenvalue weighted by molar-refractivity contribution is -0.131. The van der Waals surface area contributed by atoms with E-state index < -0.39 is 5.92 Å². The Morgan fingerprint density at radius 3 is 2.31 bits per heavy atom. The minimum atomic E-state index is -0.647. The molecule has 4 rings (SSSR count). The van der Waals surface area contributed by atoms with Crippen molar-refractivity contribution in [2.75, 3.05) is 0 Å². The lowest BCUT2D eigenvalue weighted by Gasteiger charge is -2.44. The molecule has 5 unspecified atom stereocenters. The van der Waals surface area contributed by atoms with E-state index >= 15 is 0 Å². The van der Waals surface area contributed by atoms with Crippen molar-refractivity contribution in [2.24, 2.45) is 17.8 Å². The lowest BCUT2D eigenvalue weighted by Crippen LogP contribution is -2.56. The topological polar surface area (TPSA) is 46.2 Å². The van der Waals surface area contributed by atoms with Crippen molar-refractivity contribution in [3.8, 4) is 0 Å². The van der Waals surface area contributed by atoms with Gasteiger partial charge in [0.1, 0.15) is 11.7 Å². The van der Waals surface area contributed by atoms with E-state index in [1.54, 1.807) is 0 Å². The number of fused-ring (bicyclic) bond motifs is 1. The van der Waals surface area contributed by atoms with Gasteiger partial charge in [-0.15, -0.1) is 0 Å². The molecule has 5 atom stereocenters. The molecule has 3 nitrogen and oxygen atoms in total. The summed E-state index contributed by atoms with van der Waals surface area (Å²) >= 11 is 0. The van der Waals surface area contributed by atoms with E-state index in [0.29, 0.717) is 11.5 Å². The van der Waals surface area contributed by atoms with Crippen LogP contribution in [0.4, 0.5) is 0 Å². The normalized spacial score (nSPS) is 31.3. The molecule has 2 fully saturated rings. The summed E-state index contributed by atoms with van der Waals surface area (Å²) in [7, 11) is 0. The second kappa shape index (κ2) is 7.16. The zero-order valence-corrected chi connectivity index (χ0v) is 15.1. The molecule has 1 N–H and O–H groups in total. The Morgan fingerprint density at radius 2 is 1.62 bits per heavy atom. The third-order valence-electron chi connectivity index (χ3n) is 6.01. The molecule has 0 amide bonds. The maximum Gasteiger partial charge on any atom is 0.175 e. The van der Waals surface area contributed by atoms with E-state index in [-0.39, 0.29) is 29.6 Å². The number of hydrogen-bond donors (Lipinski definition) is 1. The Labute approximate surface area is 154 Å². The third-order valence-corrected chi connectivity index (χ3v) is 6.01. The minimum Gasteiger partial charge on any atom is -0.305 e. The van der Waals surface area contributed by atoms with Crippen LogP contribution in [-0.2, 0) is 4.79 Å². The maximum atomic E-state index is 13.4. The second-order valence-corrected chi connectivity index (χ2v) is 7.80. The summed E-state index contributed by atoms with van der Waals surface area (Å²) in [4.78, 5) is 26.7. The molecule has 2 aliphatic rings. The number of rotatable bonds is 3. The number of benzene rings is 2. The van der Waals surface area contributed by atoms with Crippen molar-refractivity contribution >= 4 is 11.6 Å². The van der Waals surface area contributed by atoms with Gasteiger partial charge in [0.15, 0.2) is 5.78 Å². The quantitative estimate of drug-likeness (QED) is 0.668. The molecule has 3 heteroatoms. The highest BCUT2D eigenvalue weighted by molar-refractivity contribution is 6.12. The van der Waals surface area contributed by atoms with Gasteiger partial charge in [-0.2, -0.15) is 0 Å². The SMILES string of the molecule is CC1CCC2NC(c3ccccc3)C(C(=O)c3ccccc3)C(=O)C2C1. The third kappa shape index (κ3) is 3.12. The van der Waals surface area contributed by atoms with Crippen LogP contribution >= 0.6 is 0 Å². The van der Waals surface area contributed by atoms with Crippen molar-refractivity contribution in [3.63, 3.8) is 0 Å². The minimum absolute atomic E-state index is 0.0450. The predicted octanol–water partition coefficient (Wildman–Crippen LogP) is 4.20. The van der Waals surface area contributed by atoms with Gasteiger partial charge in [0, 0.05) is 23.6 Å². The number of carbonyl (C=O) groups excluding carboxylic acids is 2. The summed E-state index contributed by atoms with van der Waals surface area (Å²) in [6.45, 7) is 2.21. The van der Waals surface area contributed by atoms with Crippen molar-refractivity contribution in [2.45, 2.75) is 38.3 Å². The first-order valence-electron chi connectivity index (χ1n) is 9.59. The smallest absolute Gasteiger partial charge is 0.175 e. The van der Waals surface area contributed by atoms with Crippen molar-refractivity contribution in [1.29, 1.82) is 0 Å². The number of nitrogens with one attached hydrogen (secondary N) is 1. The molecule has 0 bridgehead atoms. The van der Waals surface area contributed by atoms with Gasteiger partial charge in [0.05, 0.1) is 0 Å². The summed E-state index contributed by atoms with van der Waals surface area (Å²) in [6, 6.07) is 19.1. The molecular formula is C23H25NO2. The molecule has 2 aromatic rings. The first-order chi connectivity index (χ1) is 12.6. The molecule has 26 heavy (non-hydrogen) atoms. The van der Waals surface area contributed by atoms with E-state index in [2.05, 4.69) is 12.2 Å². The molecule has 2 aromatic carbocycles. The van der Waals surface area contributed by atoms with E-state index in [1.807, 2.05) is 60.7 Å². The molecule has 1 saturated heterocycles. The molecule has 1 aliphatic heterocycles. The molecule has 1 saturated carbocycles. The van der Waals surface area contributed by atoms with Gasteiger partial charge in [0.2, 0.25) is 0 Å². The average molecular weight is 347 g/mol. The zero-order valence-electron chi connectivity index (χ0n) is 15.1. The van der Waals surface area contributed by atoms with Gasteiger partial charge < -0.3 is 5.32 Å². The van der Waals surface area contributed by atoms with E-state index in [0.717, 1.165) is 24.8 Å². The molecule has 0 radical (unpaired) electrons. The fourth-order valence-corrected chi connectivity index (χ4v) is 4.63. The van der Waals surface area contributed by atoms with Crippen LogP contribution in [0, 0.1) is 17.8 Å². The standard InChI is InChI=1S/C23H25NO2/c1-15-12-13-19-18(14-15)23(26)20(22(25)17-10-6-3-7-11-17)21(24-19)16-8-4-2-5-9-16/h2-11,15,18-21,24H,12-14H2,1H3. The molecule has 0 spiro atoms. The monoisotopic (exact) mass is 347 g/mol. The highest BCUT2D eigenvalue weighted by Crippen LogP contribution is 2.41. The van der Waals surface area contributed by atoms with Crippen LogP contribution in [0.2, 0.25) is 0 Å². The number of piperidine rings is 1. The lowest BCUT2D eigenvalue weighted by atomic mass is 9.67. The Bertz CT molecular complexity index is 786. The van der Waals surface area contributed by atoms with E-state index in [1.165, 1.54) is 0 Å². The van der Waals surface area contributed by atoms with Crippen molar-refractivity contribution in [3.05, 3.63) is 71.8 Å². The fourth-order valence-electron chi connectivity index (χ4n) is 4.63. The van der Waals surface area contributed by atoms with Crippen molar-refractivity contribution in [1.82, 2.24) is 5.32 Å². The molecule has 1 heterocycles. The highest BCUT2D eigenvalue weighted by atomic mass is 16.2. The van der Waals surface area contributed by atoms with Crippen LogP contribution in [-0.4, -0.2) is 17.6 Å². The van der Waals surface area contributed by atoms with Crippen molar-refractivity contribution < 1.29 is 9.59 Å². The first-order valence-corrected chi connectivity index (χ1v) is 9.59. The number of hydrogen-bond acceptors (Lipinski definition) is 3. The Balaban J connectivity index is 1.73. The predicted molar refractivity (Wildman–Crippen MR) is 102 cm³/mol. The molecule has 134 valence electrons. The molecule has 1 aliphatic carbocycles. The summed E-state index contributed by atoms with van der Waals surface area (Å²) in [5.74, 6) is -0.0814. The van der Waals surface area contributed by atoms with Crippen LogP contribution < -0.4 is 5.32 Å². The average Bonchev–Trinajstić information content (AvgIpc) is 2.69. The van der Waals surface area contributed by atoms with Gasteiger partial charge in [-0.3, -0.25) is 9.59 Å². The summed E-state index contributed by atoms with van der Waals surface area (Å²) in [5, 5.41) is 3.68. The van der Waals surface area contributed by atoms with Crippen LogP contribution in [0.5, 0.6) is 0 Å². The van der Waals surface area contributed by atoms with E-state index in [4.69, 9.17) is 0 Å². The van der Waals surface area contributed by atoms with Gasteiger partial charge in [0.25, 0.3) is 0 Å². The number of carbonyl (C=O) groups is 2.